The quantitative estimate of drug-likeness (QED) is 0.229. The van der Waals surface area contributed by atoms with Crippen LogP contribution in [0.3, 0.4) is 0 Å². The van der Waals surface area contributed by atoms with Crippen molar-refractivity contribution in [2.24, 2.45) is 5.92 Å². The number of carbonyl (C=O) groups excluding carboxylic acids is 3. The number of likely N-dealkylation sites (tertiary alicyclic amines) is 1. The molecule has 0 radical (unpaired) electrons. The molecule has 55 heavy (non-hydrogen) atoms. The number of piperidine rings is 2. The SMILES string of the molecule is N#Cc1ccc(OC2CCC(NC(=O)c3ccc(N4CCC(CN5CCC(c6ncc7c(N8CCC(=O)NC8=O)cccn67)CC5)CC4)nn3)CC2)cc1Cl. The zero-order valence-corrected chi connectivity index (χ0v) is 31.5. The van der Waals surface area contributed by atoms with Crippen LogP contribution >= 0.6 is 11.6 Å². The molecule has 1 saturated carbocycles. The molecular formula is C40H45ClN10O4. The molecule has 8 rings (SSSR count). The van der Waals surface area contributed by atoms with Gasteiger partial charge in [-0.25, -0.2) is 9.78 Å². The van der Waals surface area contributed by atoms with Crippen LogP contribution in [0.15, 0.2) is 54.9 Å². The summed E-state index contributed by atoms with van der Waals surface area (Å²) in [4.78, 5) is 48.5. The van der Waals surface area contributed by atoms with Crippen LogP contribution < -0.4 is 25.2 Å². The van der Waals surface area contributed by atoms with Gasteiger partial charge in [0.05, 0.1) is 34.1 Å². The molecule has 3 aromatic heterocycles. The van der Waals surface area contributed by atoms with Crippen molar-refractivity contribution < 1.29 is 19.1 Å². The zero-order valence-electron chi connectivity index (χ0n) is 30.7. The molecule has 2 N–H and O–H groups in total. The Hall–Kier alpha value is -5.26. The van der Waals surface area contributed by atoms with Gasteiger partial charge in [0, 0.05) is 56.8 Å². The first-order valence-corrected chi connectivity index (χ1v) is 19.7. The summed E-state index contributed by atoms with van der Waals surface area (Å²) >= 11 is 6.15. The van der Waals surface area contributed by atoms with E-state index in [9.17, 15) is 14.4 Å². The summed E-state index contributed by atoms with van der Waals surface area (Å²) in [5.74, 6) is 3.00. The van der Waals surface area contributed by atoms with Crippen LogP contribution in [-0.2, 0) is 4.79 Å². The van der Waals surface area contributed by atoms with Gasteiger partial charge in [0.1, 0.15) is 17.6 Å². The van der Waals surface area contributed by atoms with E-state index in [1.807, 2.05) is 30.6 Å². The van der Waals surface area contributed by atoms with E-state index in [1.165, 1.54) is 0 Å². The fourth-order valence-corrected chi connectivity index (χ4v) is 8.70. The van der Waals surface area contributed by atoms with Crippen LogP contribution in [0, 0.1) is 17.2 Å². The minimum absolute atomic E-state index is 0.0329. The Labute approximate surface area is 324 Å². The number of rotatable bonds is 9. The van der Waals surface area contributed by atoms with Crippen LogP contribution in [0.1, 0.15) is 85.6 Å². The molecular weight excluding hydrogens is 720 g/mol. The number of nitrogens with zero attached hydrogens (tertiary/aromatic N) is 8. The number of anilines is 2. The highest BCUT2D eigenvalue weighted by molar-refractivity contribution is 6.31. The molecule has 15 heteroatoms. The van der Waals surface area contributed by atoms with Gasteiger partial charge in [0.15, 0.2) is 11.5 Å². The van der Waals surface area contributed by atoms with Gasteiger partial charge in [0.2, 0.25) is 5.91 Å². The molecule has 14 nitrogen and oxygen atoms in total. The minimum atomic E-state index is -0.385. The van der Waals surface area contributed by atoms with Crippen molar-refractivity contribution in [3.63, 3.8) is 0 Å². The second-order valence-electron chi connectivity index (χ2n) is 15.1. The molecule has 3 aliphatic heterocycles. The molecule has 0 unspecified atom stereocenters. The second-order valence-corrected chi connectivity index (χ2v) is 15.5. The third kappa shape index (κ3) is 8.23. The number of imide groups is 1. The van der Waals surface area contributed by atoms with E-state index in [0.717, 1.165) is 107 Å². The molecule has 3 saturated heterocycles. The highest BCUT2D eigenvalue weighted by Crippen LogP contribution is 2.33. The summed E-state index contributed by atoms with van der Waals surface area (Å²) in [6.45, 7) is 5.31. The smallest absolute Gasteiger partial charge is 0.328 e. The van der Waals surface area contributed by atoms with Crippen LogP contribution in [0.4, 0.5) is 16.3 Å². The Morgan fingerprint density at radius 1 is 0.964 bits per heavy atom. The normalized spacial score (nSPS) is 21.7. The number of hydrogen-bond donors (Lipinski definition) is 2. The number of benzene rings is 1. The predicted molar refractivity (Wildman–Crippen MR) is 206 cm³/mol. The zero-order chi connectivity index (χ0) is 37.9. The van der Waals surface area contributed by atoms with E-state index >= 15 is 0 Å². The number of hydrogen-bond acceptors (Lipinski definition) is 10. The third-order valence-electron chi connectivity index (χ3n) is 11.6. The summed E-state index contributed by atoms with van der Waals surface area (Å²) in [5.41, 5.74) is 2.40. The van der Waals surface area contributed by atoms with Crippen LogP contribution in [0.25, 0.3) is 5.52 Å². The Balaban J connectivity index is 0.760. The lowest BCUT2D eigenvalue weighted by Gasteiger charge is -2.37. The van der Waals surface area contributed by atoms with E-state index in [1.54, 1.807) is 29.2 Å². The maximum Gasteiger partial charge on any atom is 0.328 e. The number of fused-ring (bicyclic) bond motifs is 1. The monoisotopic (exact) mass is 764 g/mol. The van der Waals surface area contributed by atoms with Crippen LogP contribution in [0.2, 0.25) is 5.02 Å². The molecule has 4 aliphatic rings. The number of urea groups is 1. The molecule has 4 amide bonds. The first kappa shape index (κ1) is 36.7. The Morgan fingerprint density at radius 3 is 2.47 bits per heavy atom. The fraction of sp³-hybridized carbons (Fsp3) is 0.475. The van der Waals surface area contributed by atoms with E-state index in [4.69, 9.17) is 26.6 Å². The molecule has 286 valence electrons. The predicted octanol–water partition coefficient (Wildman–Crippen LogP) is 5.31. The van der Waals surface area contributed by atoms with Crippen molar-refractivity contribution in [2.45, 2.75) is 75.9 Å². The number of nitriles is 1. The average molecular weight is 765 g/mol. The van der Waals surface area contributed by atoms with Gasteiger partial charge < -0.3 is 24.3 Å². The van der Waals surface area contributed by atoms with Gasteiger partial charge in [0.25, 0.3) is 5.91 Å². The lowest BCUT2D eigenvalue weighted by atomic mass is 9.92. The van der Waals surface area contributed by atoms with Gasteiger partial charge in [-0.15, -0.1) is 10.2 Å². The Morgan fingerprint density at radius 2 is 1.76 bits per heavy atom. The van der Waals surface area contributed by atoms with Gasteiger partial charge >= 0.3 is 6.03 Å². The summed E-state index contributed by atoms with van der Waals surface area (Å²) in [6.07, 6.45) is 11.6. The molecule has 1 aromatic carbocycles. The van der Waals surface area contributed by atoms with Crippen molar-refractivity contribution in [3.8, 4) is 11.8 Å². The van der Waals surface area contributed by atoms with Crippen molar-refractivity contribution in [2.75, 3.05) is 49.1 Å². The number of halogens is 1. The summed E-state index contributed by atoms with van der Waals surface area (Å²) in [7, 11) is 0. The standard InChI is InChI=1S/C40H45ClN10O4/c41-32-22-31(6-3-28(32)23-42)55-30-7-4-29(5-8-30)44-39(53)33-9-10-36(47-46-33)49-19-11-26(12-20-49)25-48-17-13-27(14-18-48)38-43-24-35-34(2-1-16-50(35)38)51-21-15-37(52)45-40(51)54/h1-3,6,9-10,16,22,24,26-27,29-30H,4-5,7-8,11-15,17-21,25H2,(H,44,53)(H,45,52,54). The van der Waals surface area contributed by atoms with Gasteiger partial charge in [-0.3, -0.25) is 19.8 Å². The van der Waals surface area contributed by atoms with Gasteiger partial charge in [-0.2, -0.15) is 5.26 Å². The molecule has 4 fully saturated rings. The van der Waals surface area contributed by atoms with E-state index in [2.05, 4.69) is 41.1 Å². The molecule has 0 bridgehead atoms. The highest BCUT2D eigenvalue weighted by Gasteiger charge is 2.30. The minimum Gasteiger partial charge on any atom is -0.490 e. The summed E-state index contributed by atoms with van der Waals surface area (Å²) in [5, 5.41) is 23.7. The van der Waals surface area contributed by atoms with Crippen molar-refractivity contribution in [3.05, 3.63) is 77.0 Å². The number of carbonyl (C=O) groups is 3. The number of nitrogens with one attached hydrogen (secondary N) is 2. The maximum absolute atomic E-state index is 13.0. The van der Waals surface area contributed by atoms with Crippen molar-refractivity contribution in [1.29, 1.82) is 5.26 Å². The van der Waals surface area contributed by atoms with Crippen LogP contribution in [-0.4, -0.2) is 93.7 Å². The number of amides is 4. The Kier molecular flexibility index (Phi) is 10.8. The fourth-order valence-electron chi connectivity index (χ4n) is 8.49. The highest BCUT2D eigenvalue weighted by atomic mass is 35.5. The third-order valence-corrected chi connectivity index (χ3v) is 11.9. The topological polar surface area (TPSA) is 161 Å². The lowest BCUT2D eigenvalue weighted by molar-refractivity contribution is -0.120. The van der Waals surface area contributed by atoms with E-state index < -0.39 is 0 Å². The summed E-state index contributed by atoms with van der Waals surface area (Å²) in [6, 6.07) is 14.4. The van der Waals surface area contributed by atoms with Crippen LogP contribution in [0.5, 0.6) is 5.75 Å². The van der Waals surface area contributed by atoms with Gasteiger partial charge in [-0.1, -0.05) is 11.6 Å². The largest absolute Gasteiger partial charge is 0.490 e. The van der Waals surface area contributed by atoms with Gasteiger partial charge in [-0.05, 0) is 107 Å². The summed E-state index contributed by atoms with van der Waals surface area (Å²) < 4.78 is 8.19. The molecule has 4 aromatic rings. The van der Waals surface area contributed by atoms with Crippen molar-refractivity contribution >= 4 is 46.5 Å². The average Bonchev–Trinajstić information content (AvgIpc) is 3.64. The number of imidazole rings is 1. The number of aromatic nitrogens is 4. The first-order chi connectivity index (χ1) is 26.8. The first-order valence-electron chi connectivity index (χ1n) is 19.4. The molecule has 0 spiro atoms. The van der Waals surface area contributed by atoms with Crippen molar-refractivity contribution in [1.82, 2.24) is 35.1 Å². The second kappa shape index (κ2) is 16.2. The van der Waals surface area contributed by atoms with E-state index in [0.29, 0.717) is 40.4 Å². The Bertz CT molecular complexity index is 2080. The van der Waals surface area contributed by atoms with E-state index in [-0.39, 0.29) is 36.4 Å². The lowest BCUT2D eigenvalue weighted by Crippen LogP contribution is -2.49. The maximum atomic E-state index is 13.0. The molecule has 6 heterocycles. The molecule has 1 aliphatic carbocycles. The number of pyridine rings is 1. The number of ether oxygens (including phenoxy) is 1. The molecule has 0 atom stereocenters.